The number of carbonyl (C=O) groups is 3. The van der Waals surface area contributed by atoms with Crippen molar-refractivity contribution in [3.8, 4) is 0 Å². The third-order valence-electron chi connectivity index (χ3n) is 8.70. The molecule has 0 aromatic heterocycles. The van der Waals surface area contributed by atoms with Gasteiger partial charge >= 0.3 is 0 Å². The van der Waals surface area contributed by atoms with E-state index in [0.29, 0.717) is 19.6 Å². The Hall–Kier alpha value is -3.17. The maximum absolute atomic E-state index is 14.4. The topological polar surface area (TPSA) is 93.6 Å². The first-order valence-electron chi connectivity index (χ1n) is 14.2. The Morgan fingerprint density at radius 1 is 1.03 bits per heavy atom. The van der Waals surface area contributed by atoms with Crippen molar-refractivity contribution in [2.75, 3.05) is 49.1 Å². The summed E-state index contributed by atoms with van der Waals surface area (Å²) in [5, 5.41) is 10.1. The molecule has 2 saturated heterocycles. The fourth-order valence-electron chi connectivity index (χ4n) is 6.83. The zero-order valence-electron chi connectivity index (χ0n) is 23.3. The second kappa shape index (κ2) is 10.8. The molecule has 0 saturated carbocycles. The maximum Gasteiger partial charge on any atom is 0.253 e. The Kier molecular flexibility index (Phi) is 7.57. The van der Waals surface area contributed by atoms with Crippen molar-refractivity contribution in [1.29, 1.82) is 0 Å². The number of aliphatic hydroxyl groups excluding tert-OH is 1. The van der Waals surface area contributed by atoms with Gasteiger partial charge in [0.15, 0.2) is 0 Å². The first-order chi connectivity index (χ1) is 18.8. The van der Waals surface area contributed by atoms with E-state index in [1.807, 2.05) is 55.5 Å². The summed E-state index contributed by atoms with van der Waals surface area (Å²) in [6.45, 7) is 10.8. The molecule has 6 atom stereocenters. The Morgan fingerprint density at radius 3 is 2.38 bits per heavy atom. The van der Waals surface area contributed by atoms with Gasteiger partial charge in [0, 0.05) is 44.1 Å². The molecule has 1 N–H and O–H groups in total. The van der Waals surface area contributed by atoms with Crippen molar-refractivity contribution in [1.82, 2.24) is 9.80 Å². The van der Waals surface area contributed by atoms with E-state index in [-0.39, 0.29) is 24.3 Å². The number of nitrogens with zero attached hydrogens (tertiary/aromatic N) is 4. The summed E-state index contributed by atoms with van der Waals surface area (Å²) in [6.07, 6.45) is 7.73. The Morgan fingerprint density at radius 2 is 1.74 bits per heavy atom. The molecule has 4 aliphatic rings. The van der Waals surface area contributed by atoms with E-state index >= 15 is 0 Å². The van der Waals surface area contributed by atoms with Gasteiger partial charge in [-0.25, -0.2) is 0 Å². The lowest BCUT2D eigenvalue weighted by Gasteiger charge is -2.37. The number of rotatable bonds is 8. The first kappa shape index (κ1) is 27.4. The van der Waals surface area contributed by atoms with Crippen LogP contribution < -0.4 is 9.80 Å². The second-order valence-electron chi connectivity index (χ2n) is 10.9. The molecule has 210 valence electrons. The van der Waals surface area contributed by atoms with E-state index < -0.39 is 35.6 Å². The zero-order chi connectivity index (χ0) is 27.9. The van der Waals surface area contributed by atoms with E-state index in [1.165, 1.54) is 4.90 Å². The standard InChI is InChI=1S/C30H40N4O5/c1-5-16-32-17-8-10-23-24(27(32)36)25-28(37)34(20(4)19-35)26-29(38)33(18-9-15-30(25,26)39-23)22-13-11-21(12-14-22)31(6-2)7-3/h8-15,20,23-26,35H,5-7,16-19H2,1-4H3/t20-,23-,24+,25+,26?,30+/m1/s1. The van der Waals surface area contributed by atoms with Crippen LogP contribution in [-0.4, -0.2) is 95.7 Å². The normalized spacial score (nSPS) is 30.7. The molecule has 5 rings (SSSR count). The molecule has 9 heteroatoms. The third kappa shape index (κ3) is 4.26. The molecule has 1 unspecified atom stereocenters. The summed E-state index contributed by atoms with van der Waals surface area (Å²) in [4.78, 5) is 49.5. The van der Waals surface area contributed by atoms with Crippen LogP contribution in [-0.2, 0) is 19.1 Å². The van der Waals surface area contributed by atoms with Gasteiger partial charge in [-0.3, -0.25) is 14.4 Å². The smallest absolute Gasteiger partial charge is 0.253 e. The van der Waals surface area contributed by atoms with E-state index in [4.69, 9.17) is 4.74 Å². The summed E-state index contributed by atoms with van der Waals surface area (Å²) in [5.41, 5.74) is 0.506. The van der Waals surface area contributed by atoms with E-state index in [2.05, 4.69) is 18.7 Å². The molecular weight excluding hydrogens is 496 g/mol. The maximum atomic E-state index is 14.4. The van der Waals surface area contributed by atoms with Crippen LogP contribution in [0.25, 0.3) is 0 Å². The number of ether oxygens (including phenoxy) is 1. The average Bonchev–Trinajstić information content (AvgIpc) is 3.27. The average molecular weight is 537 g/mol. The van der Waals surface area contributed by atoms with Crippen LogP contribution >= 0.6 is 0 Å². The van der Waals surface area contributed by atoms with Crippen molar-refractivity contribution >= 4 is 29.1 Å². The quantitative estimate of drug-likeness (QED) is 0.512. The monoisotopic (exact) mass is 536 g/mol. The largest absolute Gasteiger partial charge is 0.394 e. The summed E-state index contributed by atoms with van der Waals surface area (Å²) >= 11 is 0. The number of aliphatic hydroxyl groups is 1. The molecule has 2 fully saturated rings. The zero-order valence-corrected chi connectivity index (χ0v) is 23.3. The number of hydrogen-bond acceptors (Lipinski definition) is 6. The van der Waals surface area contributed by atoms with Crippen LogP contribution in [0.1, 0.15) is 34.1 Å². The van der Waals surface area contributed by atoms with Crippen molar-refractivity contribution < 1.29 is 24.2 Å². The predicted molar refractivity (Wildman–Crippen MR) is 149 cm³/mol. The molecule has 1 aromatic rings. The molecule has 3 amide bonds. The highest BCUT2D eigenvalue weighted by molar-refractivity contribution is 6.06. The highest BCUT2D eigenvalue weighted by Crippen LogP contribution is 2.54. The van der Waals surface area contributed by atoms with Crippen molar-refractivity contribution in [3.05, 3.63) is 48.6 Å². The van der Waals surface area contributed by atoms with Gasteiger partial charge in [0.2, 0.25) is 11.8 Å². The minimum absolute atomic E-state index is 0.117. The Bertz CT molecular complexity index is 1160. The van der Waals surface area contributed by atoms with Gasteiger partial charge in [-0.15, -0.1) is 0 Å². The molecule has 39 heavy (non-hydrogen) atoms. The minimum atomic E-state index is -1.29. The molecule has 0 radical (unpaired) electrons. The van der Waals surface area contributed by atoms with Gasteiger partial charge in [-0.2, -0.15) is 0 Å². The fourth-order valence-corrected chi connectivity index (χ4v) is 6.83. The van der Waals surface area contributed by atoms with Gasteiger partial charge in [0.25, 0.3) is 5.91 Å². The highest BCUT2D eigenvalue weighted by atomic mass is 16.5. The van der Waals surface area contributed by atoms with Crippen LogP contribution in [0, 0.1) is 11.8 Å². The number of benzene rings is 1. The Labute approximate surface area is 230 Å². The fraction of sp³-hybridized carbons (Fsp3) is 0.567. The highest BCUT2D eigenvalue weighted by Gasteiger charge is 2.72. The van der Waals surface area contributed by atoms with E-state index in [1.54, 1.807) is 16.7 Å². The molecule has 0 bridgehead atoms. The van der Waals surface area contributed by atoms with Gasteiger partial charge in [-0.1, -0.05) is 31.2 Å². The van der Waals surface area contributed by atoms with Crippen molar-refractivity contribution in [3.63, 3.8) is 0 Å². The van der Waals surface area contributed by atoms with Gasteiger partial charge in [0.05, 0.1) is 30.6 Å². The molecule has 4 aliphatic heterocycles. The van der Waals surface area contributed by atoms with E-state index in [0.717, 1.165) is 30.9 Å². The third-order valence-corrected chi connectivity index (χ3v) is 8.70. The van der Waals surface area contributed by atoms with Crippen LogP contribution in [0.4, 0.5) is 11.4 Å². The molecular formula is C30H40N4O5. The van der Waals surface area contributed by atoms with Crippen molar-refractivity contribution in [2.24, 2.45) is 11.8 Å². The lowest BCUT2D eigenvalue weighted by atomic mass is 9.77. The second-order valence-corrected chi connectivity index (χ2v) is 10.9. The summed E-state index contributed by atoms with van der Waals surface area (Å²) in [7, 11) is 0. The first-order valence-corrected chi connectivity index (χ1v) is 14.2. The van der Waals surface area contributed by atoms with Crippen LogP contribution in [0.5, 0.6) is 0 Å². The summed E-state index contributed by atoms with van der Waals surface area (Å²) in [6, 6.07) is 6.27. The number of carbonyl (C=O) groups excluding carboxylic acids is 3. The van der Waals surface area contributed by atoms with Crippen molar-refractivity contribution in [2.45, 2.75) is 57.9 Å². The van der Waals surface area contributed by atoms with Gasteiger partial charge in [0.1, 0.15) is 11.6 Å². The molecule has 1 aromatic carbocycles. The number of anilines is 2. The van der Waals surface area contributed by atoms with Gasteiger partial charge < -0.3 is 29.4 Å². The number of amides is 3. The molecule has 9 nitrogen and oxygen atoms in total. The lowest BCUT2D eigenvalue weighted by molar-refractivity contribution is -0.146. The lowest BCUT2D eigenvalue weighted by Crippen LogP contribution is -2.57. The van der Waals surface area contributed by atoms with Crippen LogP contribution in [0.3, 0.4) is 0 Å². The SMILES string of the molecule is CCCN1CC=C[C@H]2O[C@]34C=CCN(c5ccc(N(CC)CC)cc5)C(=O)C3N([C@H](C)CO)C(=O)[C@@H]4[C@H]2C1=O. The van der Waals surface area contributed by atoms with E-state index in [9.17, 15) is 19.5 Å². The molecule has 1 spiro atoms. The van der Waals surface area contributed by atoms with Crippen LogP contribution in [0.2, 0.25) is 0 Å². The van der Waals surface area contributed by atoms with Crippen LogP contribution in [0.15, 0.2) is 48.6 Å². The Balaban J connectivity index is 1.56. The predicted octanol–water partition coefficient (Wildman–Crippen LogP) is 2.21. The molecule has 4 heterocycles. The number of fused-ring (bicyclic) bond motifs is 2. The molecule has 0 aliphatic carbocycles. The number of likely N-dealkylation sites (tertiary alicyclic amines) is 1. The number of hydrogen-bond donors (Lipinski definition) is 1. The minimum Gasteiger partial charge on any atom is -0.394 e. The summed E-state index contributed by atoms with van der Waals surface area (Å²) in [5.74, 6) is -2.27. The summed E-state index contributed by atoms with van der Waals surface area (Å²) < 4.78 is 6.65. The van der Waals surface area contributed by atoms with Gasteiger partial charge in [-0.05, 0) is 51.5 Å².